The number of benzene rings is 1. The molecule has 0 saturated heterocycles. The van der Waals surface area contributed by atoms with E-state index in [0.717, 1.165) is 4.90 Å². The number of carbonyl (C=O) groups is 5. The standard InChI is InChI=1S/C21H27N3O6/c1-5-22-18(26)13(4)23-17(25)11-30-21(29)16(10-12(2)3)24-19(27)14-8-6-7-9-15(14)20(24)28/h6-9,12-13,16H,5,10-11H2,1-4H3,(H,22,26)(H,23,25)/t13-,16+/m1/s1. The van der Waals surface area contributed by atoms with E-state index in [4.69, 9.17) is 4.74 Å². The first-order valence-corrected chi connectivity index (χ1v) is 9.87. The monoisotopic (exact) mass is 417 g/mol. The lowest BCUT2D eigenvalue weighted by Gasteiger charge is -2.26. The summed E-state index contributed by atoms with van der Waals surface area (Å²) in [5, 5.41) is 4.99. The lowest BCUT2D eigenvalue weighted by Crippen LogP contribution is -2.48. The van der Waals surface area contributed by atoms with Gasteiger partial charge in [0.15, 0.2) is 6.61 Å². The topological polar surface area (TPSA) is 122 Å². The van der Waals surface area contributed by atoms with E-state index < -0.39 is 42.4 Å². The Bertz CT molecular complexity index is 816. The number of nitrogens with one attached hydrogen (secondary N) is 2. The average Bonchev–Trinajstić information content (AvgIpc) is 2.95. The van der Waals surface area contributed by atoms with Gasteiger partial charge < -0.3 is 15.4 Å². The predicted molar refractivity (Wildman–Crippen MR) is 107 cm³/mol. The van der Waals surface area contributed by atoms with Gasteiger partial charge in [-0.3, -0.25) is 24.1 Å². The second-order valence-corrected chi connectivity index (χ2v) is 7.46. The van der Waals surface area contributed by atoms with Crippen molar-refractivity contribution in [3.8, 4) is 0 Å². The number of nitrogens with zero attached hydrogens (tertiary/aromatic N) is 1. The van der Waals surface area contributed by atoms with Gasteiger partial charge in [0.25, 0.3) is 17.7 Å². The second-order valence-electron chi connectivity index (χ2n) is 7.46. The van der Waals surface area contributed by atoms with Crippen LogP contribution in [-0.4, -0.2) is 59.7 Å². The number of ether oxygens (including phenoxy) is 1. The fraction of sp³-hybridized carbons (Fsp3) is 0.476. The Morgan fingerprint density at radius 1 is 1.03 bits per heavy atom. The van der Waals surface area contributed by atoms with Crippen molar-refractivity contribution >= 4 is 29.6 Å². The Kier molecular flexibility index (Phi) is 7.68. The summed E-state index contributed by atoms with van der Waals surface area (Å²) in [6, 6.07) is 4.41. The lowest BCUT2D eigenvalue weighted by molar-refractivity contribution is -0.153. The van der Waals surface area contributed by atoms with Crippen molar-refractivity contribution in [1.82, 2.24) is 15.5 Å². The van der Waals surface area contributed by atoms with E-state index in [0.29, 0.717) is 6.54 Å². The lowest BCUT2D eigenvalue weighted by atomic mass is 10.0. The van der Waals surface area contributed by atoms with Crippen LogP contribution in [0.25, 0.3) is 0 Å². The van der Waals surface area contributed by atoms with E-state index in [1.165, 1.54) is 19.1 Å². The maximum Gasteiger partial charge on any atom is 0.329 e. The van der Waals surface area contributed by atoms with Crippen molar-refractivity contribution in [3.63, 3.8) is 0 Å². The largest absolute Gasteiger partial charge is 0.454 e. The van der Waals surface area contributed by atoms with Crippen molar-refractivity contribution in [2.45, 2.75) is 46.2 Å². The van der Waals surface area contributed by atoms with E-state index in [1.54, 1.807) is 19.1 Å². The van der Waals surface area contributed by atoms with Crippen molar-refractivity contribution in [2.75, 3.05) is 13.2 Å². The van der Waals surface area contributed by atoms with Crippen molar-refractivity contribution in [1.29, 1.82) is 0 Å². The minimum absolute atomic E-state index is 0.0153. The third-order valence-electron chi connectivity index (χ3n) is 4.57. The van der Waals surface area contributed by atoms with Crippen molar-refractivity contribution < 1.29 is 28.7 Å². The Balaban J connectivity index is 2.06. The molecule has 2 rings (SSSR count). The van der Waals surface area contributed by atoms with E-state index in [9.17, 15) is 24.0 Å². The Morgan fingerprint density at radius 2 is 1.60 bits per heavy atom. The van der Waals surface area contributed by atoms with Crippen LogP contribution in [0.2, 0.25) is 0 Å². The smallest absolute Gasteiger partial charge is 0.329 e. The third-order valence-corrected chi connectivity index (χ3v) is 4.57. The SMILES string of the molecule is CCNC(=O)[C@@H](C)NC(=O)COC(=O)[C@H](CC(C)C)N1C(=O)c2ccccc2C1=O. The van der Waals surface area contributed by atoms with E-state index in [-0.39, 0.29) is 29.4 Å². The highest BCUT2D eigenvalue weighted by Gasteiger charge is 2.43. The fourth-order valence-electron chi connectivity index (χ4n) is 3.15. The molecule has 2 atom stereocenters. The van der Waals surface area contributed by atoms with Gasteiger partial charge in [-0.15, -0.1) is 0 Å². The van der Waals surface area contributed by atoms with Gasteiger partial charge in [0.05, 0.1) is 11.1 Å². The molecular weight excluding hydrogens is 390 g/mol. The number of fused-ring (bicyclic) bond motifs is 1. The Hall–Kier alpha value is -3.23. The molecule has 162 valence electrons. The molecule has 0 radical (unpaired) electrons. The highest BCUT2D eigenvalue weighted by molar-refractivity contribution is 6.22. The molecule has 30 heavy (non-hydrogen) atoms. The highest BCUT2D eigenvalue weighted by atomic mass is 16.5. The number of esters is 1. The number of imide groups is 1. The summed E-state index contributed by atoms with van der Waals surface area (Å²) in [4.78, 5) is 62.8. The normalized spacial score (nSPS) is 14.9. The molecule has 1 heterocycles. The van der Waals surface area contributed by atoms with Gasteiger partial charge in [-0.2, -0.15) is 0 Å². The summed E-state index contributed by atoms with van der Waals surface area (Å²) in [5.41, 5.74) is 0.468. The molecule has 0 fully saturated rings. The first-order chi connectivity index (χ1) is 14.2. The summed E-state index contributed by atoms with van der Waals surface area (Å²) in [6.45, 7) is 6.75. The van der Waals surface area contributed by atoms with Gasteiger partial charge in [-0.25, -0.2) is 4.79 Å². The van der Waals surface area contributed by atoms with Crippen LogP contribution in [0, 0.1) is 5.92 Å². The van der Waals surface area contributed by atoms with Crippen LogP contribution in [-0.2, 0) is 19.1 Å². The quantitative estimate of drug-likeness (QED) is 0.454. The zero-order valence-electron chi connectivity index (χ0n) is 17.6. The van der Waals surface area contributed by atoms with Gasteiger partial charge in [0.1, 0.15) is 12.1 Å². The number of hydrogen-bond acceptors (Lipinski definition) is 6. The first kappa shape index (κ1) is 23.1. The summed E-state index contributed by atoms with van der Waals surface area (Å²) in [5.74, 6) is -3.01. The number of likely N-dealkylation sites (N-methyl/N-ethyl adjacent to an activating group) is 1. The van der Waals surface area contributed by atoms with Gasteiger partial charge in [-0.05, 0) is 38.3 Å². The minimum Gasteiger partial charge on any atom is -0.454 e. The molecule has 2 N–H and O–H groups in total. The molecule has 0 spiro atoms. The maximum atomic E-state index is 12.7. The molecule has 4 amide bonds. The van der Waals surface area contributed by atoms with Crippen LogP contribution in [0.15, 0.2) is 24.3 Å². The van der Waals surface area contributed by atoms with Crippen molar-refractivity contribution in [2.24, 2.45) is 5.92 Å². The number of amides is 4. The van der Waals surface area contributed by atoms with Crippen LogP contribution in [0.5, 0.6) is 0 Å². The molecule has 0 unspecified atom stereocenters. The molecule has 9 nitrogen and oxygen atoms in total. The van der Waals surface area contributed by atoms with Gasteiger partial charge in [0.2, 0.25) is 5.91 Å². The van der Waals surface area contributed by atoms with E-state index in [1.807, 2.05) is 13.8 Å². The number of rotatable bonds is 9. The molecule has 9 heteroatoms. The molecule has 1 aliphatic heterocycles. The summed E-state index contributed by atoms with van der Waals surface area (Å²) >= 11 is 0. The van der Waals surface area contributed by atoms with Crippen LogP contribution in [0.3, 0.4) is 0 Å². The molecule has 0 saturated carbocycles. The van der Waals surface area contributed by atoms with Gasteiger partial charge in [0, 0.05) is 6.54 Å². The molecule has 0 bridgehead atoms. The zero-order chi connectivity index (χ0) is 22.4. The first-order valence-electron chi connectivity index (χ1n) is 9.87. The van der Waals surface area contributed by atoms with Crippen LogP contribution in [0.4, 0.5) is 0 Å². The average molecular weight is 417 g/mol. The molecule has 1 aliphatic rings. The second kappa shape index (κ2) is 10.00. The molecule has 1 aromatic rings. The maximum absolute atomic E-state index is 12.7. The highest BCUT2D eigenvalue weighted by Crippen LogP contribution is 2.27. The minimum atomic E-state index is -1.15. The van der Waals surface area contributed by atoms with Crippen LogP contribution >= 0.6 is 0 Å². The van der Waals surface area contributed by atoms with E-state index in [2.05, 4.69) is 10.6 Å². The molecule has 1 aromatic carbocycles. The Labute approximate surface area is 175 Å². The van der Waals surface area contributed by atoms with Gasteiger partial charge >= 0.3 is 5.97 Å². The van der Waals surface area contributed by atoms with Crippen molar-refractivity contribution in [3.05, 3.63) is 35.4 Å². The van der Waals surface area contributed by atoms with E-state index >= 15 is 0 Å². The number of hydrogen-bond donors (Lipinski definition) is 2. The predicted octanol–water partition coefficient (Wildman–Crippen LogP) is 0.881. The molecular formula is C21H27N3O6. The summed E-state index contributed by atoms with van der Waals surface area (Å²) < 4.78 is 5.09. The summed E-state index contributed by atoms with van der Waals surface area (Å²) in [6.07, 6.45) is 0.196. The summed E-state index contributed by atoms with van der Waals surface area (Å²) in [7, 11) is 0. The van der Waals surface area contributed by atoms with Gasteiger partial charge in [-0.1, -0.05) is 26.0 Å². The zero-order valence-corrected chi connectivity index (χ0v) is 17.6. The molecule has 0 aromatic heterocycles. The third kappa shape index (κ3) is 5.22. The van der Waals surface area contributed by atoms with Crippen LogP contribution < -0.4 is 10.6 Å². The Morgan fingerprint density at radius 3 is 2.10 bits per heavy atom. The number of carbonyl (C=O) groups excluding carboxylic acids is 5. The fourth-order valence-corrected chi connectivity index (χ4v) is 3.15. The van der Waals surface area contributed by atoms with Crippen LogP contribution in [0.1, 0.15) is 54.8 Å². The molecule has 0 aliphatic carbocycles.